The van der Waals surface area contributed by atoms with Gasteiger partial charge < -0.3 is 4.43 Å². The molecule has 82 valence electrons. The molecule has 0 saturated carbocycles. The van der Waals surface area contributed by atoms with Crippen LogP contribution in [0.1, 0.15) is 40.0 Å². The Balaban J connectivity index is 2.91. The molecule has 0 radical (unpaired) electrons. The Morgan fingerprint density at radius 1 is 1.21 bits per heavy atom. The van der Waals surface area contributed by atoms with Crippen LogP contribution in [-0.4, -0.2) is 8.32 Å². The van der Waals surface area contributed by atoms with Crippen molar-refractivity contribution in [3.05, 3.63) is 11.3 Å². The van der Waals surface area contributed by atoms with Gasteiger partial charge >= 0.3 is 0 Å². The molecule has 0 atom stereocenters. The van der Waals surface area contributed by atoms with Crippen LogP contribution in [0.2, 0.25) is 19.6 Å². The van der Waals surface area contributed by atoms with Crippen molar-refractivity contribution in [3.63, 3.8) is 0 Å². The highest BCUT2D eigenvalue weighted by atomic mass is 28.4. The summed E-state index contributed by atoms with van der Waals surface area (Å²) < 4.78 is 6.22. The highest BCUT2D eigenvalue weighted by Crippen LogP contribution is 2.41. The summed E-state index contributed by atoms with van der Waals surface area (Å²) in [5.41, 5.74) is 1.74. The summed E-state index contributed by atoms with van der Waals surface area (Å²) >= 11 is 0. The first-order valence-corrected chi connectivity index (χ1v) is 9.02. The van der Waals surface area contributed by atoms with Gasteiger partial charge in [0.25, 0.3) is 0 Å². The Morgan fingerprint density at radius 2 is 1.79 bits per heavy atom. The minimum atomic E-state index is -1.43. The Bertz CT molecular complexity index is 246. The lowest BCUT2D eigenvalue weighted by Gasteiger charge is -2.37. The van der Waals surface area contributed by atoms with E-state index in [1.54, 1.807) is 0 Å². The molecule has 14 heavy (non-hydrogen) atoms. The lowest BCUT2D eigenvalue weighted by Crippen LogP contribution is -2.32. The van der Waals surface area contributed by atoms with Crippen LogP contribution in [0.4, 0.5) is 0 Å². The van der Waals surface area contributed by atoms with Crippen molar-refractivity contribution >= 4 is 8.32 Å². The smallest absolute Gasteiger partial charge is 0.241 e. The van der Waals surface area contributed by atoms with Gasteiger partial charge in [-0.1, -0.05) is 13.8 Å². The first-order chi connectivity index (χ1) is 6.22. The molecule has 1 aliphatic carbocycles. The molecule has 0 N–H and O–H groups in total. The van der Waals surface area contributed by atoms with Gasteiger partial charge in [-0.05, 0) is 51.4 Å². The molecule has 0 saturated heterocycles. The molecule has 0 bridgehead atoms. The van der Waals surface area contributed by atoms with Gasteiger partial charge in [0.05, 0.1) is 5.76 Å². The minimum absolute atomic E-state index is 0.266. The first kappa shape index (κ1) is 11.8. The zero-order valence-electron chi connectivity index (χ0n) is 10.5. The van der Waals surface area contributed by atoms with E-state index in [0.29, 0.717) is 0 Å². The van der Waals surface area contributed by atoms with Gasteiger partial charge in [-0.25, -0.2) is 0 Å². The van der Waals surface area contributed by atoms with E-state index in [4.69, 9.17) is 4.43 Å². The molecule has 0 spiro atoms. The molecule has 0 amide bonds. The van der Waals surface area contributed by atoms with Gasteiger partial charge in [0.2, 0.25) is 8.32 Å². The Morgan fingerprint density at radius 3 is 2.21 bits per heavy atom. The first-order valence-electron chi connectivity index (χ1n) is 5.62. The number of hydrogen-bond acceptors (Lipinski definition) is 1. The van der Waals surface area contributed by atoms with Crippen LogP contribution in [0.15, 0.2) is 11.3 Å². The standard InChI is InChI=1S/C12H24OSi/c1-10-8-7-9-12(2,3)11(10)13-14(4,5)6/h7-9H2,1-6H3. The maximum Gasteiger partial charge on any atom is 0.241 e. The second-order valence-electron chi connectivity index (χ2n) is 6.06. The monoisotopic (exact) mass is 212 g/mol. The molecule has 0 unspecified atom stereocenters. The molecular formula is C12H24OSi. The minimum Gasteiger partial charge on any atom is -0.547 e. The fourth-order valence-corrected chi connectivity index (χ4v) is 3.19. The van der Waals surface area contributed by atoms with Gasteiger partial charge in [-0.2, -0.15) is 0 Å². The van der Waals surface area contributed by atoms with Crippen molar-refractivity contribution in [3.8, 4) is 0 Å². The zero-order chi connectivity index (χ0) is 11.0. The second-order valence-corrected chi connectivity index (χ2v) is 10.5. The van der Waals surface area contributed by atoms with Crippen LogP contribution in [0, 0.1) is 5.41 Å². The van der Waals surface area contributed by atoms with E-state index in [1.807, 2.05) is 0 Å². The summed E-state index contributed by atoms with van der Waals surface area (Å²) in [6.07, 6.45) is 3.81. The molecule has 2 heteroatoms. The van der Waals surface area contributed by atoms with Crippen LogP contribution < -0.4 is 0 Å². The molecule has 0 heterocycles. The lowest BCUT2D eigenvalue weighted by atomic mass is 9.78. The Kier molecular flexibility index (Phi) is 3.15. The SMILES string of the molecule is CC1=C(O[Si](C)(C)C)C(C)(C)CCC1. The number of allylic oxidation sites excluding steroid dienone is 2. The van der Waals surface area contributed by atoms with Crippen molar-refractivity contribution in [1.29, 1.82) is 0 Å². The van der Waals surface area contributed by atoms with Crippen molar-refractivity contribution in [2.24, 2.45) is 5.41 Å². The quantitative estimate of drug-likeness (QED) is 0.619. The summed E-state index contributed by atoms with van der Waals surface area (Å²) in [5.74, 6) is 1.29. The molecule has 0 fully saturated rings. The van der Waals surface area contributed by atoms with E-state index >= 15 is 0 Å². The van der Waals surface area contributed by atoms with Crippen LogP contribution in [-0.2, 0) is 4.43 Å². The summed E-state index contributed by atoms with van der Waals surface area (Å²) in [4.78, 5) is 0. The van der Waals surface area contributed by atoms with E-state index in [0.717, 1.165) is 0 Å². The van der Waals surface area contributed by atoms with Crippen molar-refractivity contribution < 1.29 is 4.43 Å². The Hall–Kier alpha value is -0.243. The molecule has 0 aromatic heterocycles. The molecule has 1 nitrogen and oxygen atoms in total. The third-order valence-corrected chi connectivity index (χ3v) is 3.58. The van der Waals surface area contributed by atoms with E-state index in [1.165, 1.54) is 30.6 Å². The second kappa shape index (κ2) is 3.73. The van der Waals surface area contributed by atoms with E-state index < -0.39 is 8.32 Å². The van der Waals surface area contributed by atoms with Gasteiger partial charge in [0, 0.05) is 5.41 Å². The zero-order valence-corrected chi connectivity index (χ0v) is 11.5. The predicted molar refractivity (Wildman–Crippen MR) is 64.8 cm³/mol. The molecule has 0 aromatic rings. The van der Waals surface area contributed by atoms with Crippen molar-refractivity contribution in [2.45, 2.75) is 59.7 Å². The third-order valence-electron chi connectivity index (χ3n) is 2.76. The number of hydrogen-bond donors (Lipinski definition) is 0. The van der Waals surface area contributed by atoms with Crippen LogP contribution in [0.3, 0.4) is 0 Å². The average molecular weight is 212 g/mol. The van der Waals surface area contributed by atoms with Gasteiger partial charge in [0.1, 0.15) is 0 Å². The molecule has 0 aliphatic heterocycles. The fourth-order valence-electron chi connectivity index (χ4n) is 2.13. The maximum absolute atomic E-state index is 6.22. The van der Waals surface area contributed by atoms with Gasteiger partial charge in [-0.3, -0.25) is 0 Å². The third kappa shape index (κ3) is 2.87. The topological polar surface area (TPSA) is 9.23 Å². The molecule has 1 rings (SSSR count). The van der Waals surface area contributed by atoms with Crippen molar-refractivity contribution in [1.82, 2.24) is 0 Å². The number of rotatable bonds is 2. The average Bonchev–Trinajstić information content (AvgIpc) is 1.95. The molecular weight excluding hydrogens is 188 g/mol. The van der Waals surface area contributed by atoms with E-state index in [-0.39, 0.29) is 5.41 Å². The fraction of sp³-hybridized carbons (Fsp3) is 0.833. The van der Waals surface area contributed by atoms with E-state index in [9.17, 15) is 0 Å². The highest BCUT2D eigenvalue weighted by molar-refractivity contribution is 6.70. The largest absolute Gasteiger partial charge is 0.547 e. The van der Waals surface area contributed by atoms with Crippen LogP contribution in [0.25, 0.3) is 0 Å². The van der Waals surface area contributed by atoms with Crippen LogP contribution in [0.5, 0.6) is 0 Å². The summed E-state index contributed by atoms with van der Waals surface area (Å²) in [7, 11) is -1.43. The summed E-state index contributed by atoms with van der Waals surface area (Å²) in [6.45, 7) is 13.6. The maximum atomic E-state index is 6.22. The Labute approximate surface area is 89.7 Å². The van der Waals surface area contributed by atoms with Gasteiger partial charge in [0.15, 0.2) is 0 Å². The molecule has 1 aliphatic rings. The van der Waals surface area contributed by atoms with Crippen LogP contribution >= 0.6 is 0 Å². The lowest BCUT2D eigenvalue weighted by molar-refractivity contribution is 0.228. The predicted octanol–water partition coefficient (Wildman–Crippen LogP) is 4.32. The summed E-state index contributed by atoms with van der Waals surface area (Å²) in [6, 6.07) is 0. The summed E-state index contributed by atoms with van der Waals surface area (Å²) in [5, 5.41) is 0. The van der Waals surface area contributed by atoms with E-state index in [2.05, 4.69) is 40.4 Å². The highest BCUT2D eigenvalue weighted by Gasteiger charge is 2.33. The molecule has 0 aromatic carbocycles. The van der Waals surface area contributed by atoms with Gasteiger partial charge in [-0.15, -0.1) is 0 Å². The van der Waals surface area contributed by atoms with Crippen molar-refractivity contribution in [2.75, 3.05) is 0 Å². The normalized spacial score (nSPS) is 22.4.